The molecule has 0 aromatic heterocycles. The molecule has 0 aliphatic rings. The van der Waals surface area contributed by atoms with E-state index in [-0.39, 0.29) is 18.1 Å². The Morgan fingerprint density at radius 1 is 0.897 bits per heavy atom. The molecule has 11 nitrogen and oxygen atoms in total. The average Bonchev–Trinajstić information content (AvgIpc) is 2.61. The van der Waals surface area contributed by atoms with Gasteiger partial charge in [0.1, 0.15) is 18.1 Å². The zero-order valence-corrected chi connectivity index (χ0v) is 17.6. The fourth-order valence-corrected chi connectivity index (χ4v) is 2.55. The molecule has 0 saturated carbocycles. The number of carboxylic acid groups (broad SMARTS) is 2. The highest BCUT2D eigenvalue weighted by molar-refractivity contribution is 7.80. The van der Waals surface area contributed by atoms with Crippen LogP contribution in [0.15, 0.2) is 0 Å². The zero-order chi connectivity index (χ0) is 22.7. The minimum atomic E-state index is -1.43. The first-order valence-corrected chi connectivity index (χ1v) is 9.74. The lowest BCUT2D eigenvalue weighted by molar-refractivity contribution is -0.143. The van der Waals surface area contributed by atoms with Crippen molar-refractivity contribution in [2.75, 3.05) is 5.75 Å². The number of amides is 3. The standard InChI is InChI=1S/C17H30N4O7S/c1-8(2)6-10(18)15(25)19-9(3)14(24)21-12(7-29)16(26)20-11(17(27)28)4-5-13(22)23/h8-12,29H,4-7,18H2,1-3H3,(H,19,25)(H,20,26)(H,21,24)(H,22,23)(H,27,28). The molecule has 0 fully saturated rings. The number of thiol groups is 1. The van der Waals surface area contributed by atoms with Crippen molar-refractivity contribution in [3.05, 3.63) is 0 Å². The quantitative estimate of drug-likeness (QED) is 0.174. The fourth-order valence-electron chi connectivity index (χ4n) is 2.29. The summed E-state index contributed by atoms with van der Waals surface area (Å²) in [6, 6.07) is -4.37. The first kappa shape index (κ1) is 26.7. The highest BCUT2D eigenvalue weighted by atomic mass is 32.1. The molecule has 12 heteroatoms. The molecule has 4 atom stereocenters. The lowest BCUT2D eigenvalue weighted by Crippen LogP contribution is -2.57. The van der Waals surface area contributed by atoms with Crippen molar-refractivity contribution in [3.63, 3.8) is 0 Å². The Bertz CT molecular complexity index is 615. The van der Waals surface area contributed by atoms with E-state index in [1.165, 1.54) is 6.92 Å². The number of hydrogen-bond donors (Lipinski definition) is 7. The molecule has 0 heterocycles. The van der Waals surface area contributed by atoms with Crippen molar-refractivity contribution in [2.45, 2.75) is 64.2 Å². The second-order valence-corrected chi connectivity index (χ2v) is 7.41. The van der Waals surface area contributed by atoms with Gasteiger partial charge < -0.3 is 31.9 Å². The van der Waals surface area contributed by atoms with Crippen molar-refractivity contribution in [1.82, 2.24) is 16.0 Å². The number of carbonyl (C=O) groups excluding carboxylic acids is 3. The van der Waals surface area contributed by atoms with E-state index in [9.17, 15) is 24.0 Å². The summed E-state index contributed by atoms with van der Waals surface area (Å²) in [5.74, 6) is -4.57. The molecule has 29 heavy (non-hydrogen) atoms. The van der Waals surface area contributed by atoms with Gasteiger partial charge in [-0.2, -0.15) is 12.6 Å². The largest absolute Gasteiger partial charge is 0.481 e. The van der Waals surface area contributed by atoms with Crippen LogP contribution < -0.4 is 21.7 Å². The van der Waals surface area contributed by atoms with Crippen LogP contribution in [0.25, 0.3) is 0 Å². The third kappa shape index (κ3) is 10.7. The van der Waals surface area contributed by atoms with Gasteiger partial charge in [0, 0.05) is 12.2 Å². The summed E-state index contributed by atoms with van der Waals surface area (Å²) < 4.78 is 0. The second kappa shape index (κ2) is 13.0. The van der Waals surface area contributed by atoms with Gasteiger partial charge in [0.15, 0.2) is 0 Å². The Kier molecular flexibility index (Phi) is 11.9. The zero-order valence-electron chi connectivity index (χ0n) is 16.7. The van der Waals surface area contributed by atoms with Gasteiger partial charge in [0.2, 0.25) is 17.7 Å². The number of carbonyl (C=O) groups is 5. The van der Waals surface area contributed by atoms with Gasteiger partial charge in [-0.15, -0.1) is 0 Å². The van der Waals surface area contributed by atoms with Gasteiger partial charge in [0.25, 0.3) is 0 Å². The summed E-state index contributed by atoms with van der Waals surface area (Å²) in [6.07, 6.45) is -0.326. The van der Waals surface area contributed by atoms with E-state index in [4.69, 9.17) is 15.9 Å². The third-order valence-electron chi connectivity index (χ3n) is 3.89. The summed E-state index contributed by atoms with van der Waals surface area (Å²) in [7, 11) is 0. The van der Waals surface area contributed by atoms with Gasteiger partial charge in [-0.1, -0.05) is 13.8 Å². The molecule has 0 saturated heterocycles. The third-order valence-corrected chi connectivity index (χ3v) is 4.26. The first-order valence-electron chi connectivity index (χ1n) is 9.11. The van der Waals surface area contributed by atoms with E-state index in [0.29, 0.717) is 6.42 Å². The Morgan fingerprint density at radius 3 is 1.90 bits per heavy atom. The SMILES string of the molecule is CC(C)CC(N)C(=O)NC(C)C(=O)NC(CS)C(=O)NC(CCC(=O)O)C(=O)O. The van der Waals surface area contributed by atoms with Crippen LogP contribution in [0, 0.1) is 5.92 Å². The molecular weight excluding hydrogens is 404 g/mol. The smallest absolute Gasteiger partial charge is 0.326 e. The maximum atomic E-state index is 12.3. The molecule has 0 aromatic rings. The minimum Gasteiger partial charge on any atom is -0.481 e. The molecule has 0 spiro atoms. The topological polar surface area (TPSA) is 188 Å². The minimum absolute atomic E-state index is 0.142. The highest BCUT2D eigenvalue weighted by Crippen LogP contribution is 2.03. The van der Waals surface area contributed by atoms with E-state index < -0.39 is 60.2 Å². The molecule has 0 bridgehead atoms. The molecule has 4 unspecified atom stereocenters. The molecule has 0 rings (SSSR count). The van der Waals surface area contributed by atoms with Crippen LogP contribution in [0.4, 0.5) is 0 Å². The van der Waals surface area contributed by atoms with Crippen LogP contribution in [0.3, 0.4) is 0 Å². The molecule has 0 aliphatic heterocycles. The van der Waals surface area contributed by atoms with Crippen LogP contribution >= 0.6 is 12.6 Å². The summed E-state index contributed by atoms with van der Waals surface area (Å²) in [5.41, 5.74) is 5.76. The molecule has 7 N–H and O–H groups in total. The summed E-state index contributed by atoms with van der Waals surface area (Å²) >= 11 is 3.97. The van der Waals surface area contributed by atoms with Gasteiger partial charge in [0.05, 0.1) is 6.04 Å². The summed E-state index contributed by atoms with van der Waals surface area (Å²) in [6.45, 7) is 5.22. The lowest BCUT2D eigenvalue weighted by atomic mass is 10.0. The Morgan fingerprint density at radius 2 is 1.45 bits per heavy atom. The molecule has 3 amide bonds. The van der Waals surface area contributed by atoms with Crippen molar-refractivity contribution in [1.29, 1.82) is 0 Å². The summed E-state index contributed by atoms with van der Waals surface area (Å²) in [5, 5.41) is 24.8. The number of carboxylic acids is 2. The van der Waals surface area contributed by atoms with Crippen molar-refractivity contribution in [3.8, 4) is 0 Å². The normalized spacial score (nSPS) is 15.0. The number of rotatable bonds is 13. The monoisotopic (exact) mass is 434 g/mol. The Hall–Kier alpha value is -2.34. The van der Waals surface area contributed by atoms with E-state index in [2.05, 4.69) is 28.6 Å². The summed E-state index contributed by atoms with van der Waals surface area (Å²) in [4.78, 5) is 58.3. The second-order valence-electron chi connectivity index (χ2n) is 7.04. The van der Waals surface area contributed by atoms with E-state index in [0.717, 1.165) is 0 Å². The number of nitrogens with one attached hydrogen (secondary N) is 3. The molecular formula is C17H30N4O7S. The maximum absolute atomic E-state index is 12.3. The van der Waals surface area contributed by atoms with E-state index in [1.54, 1.807) is 0 Å². The van der Waals surface area contributed by atoms with Crippen LogP contribution in [-0.4, -0.2) is 69.8 Å². The average molecular weight is 435 g/mol. The molecule has 0 aromatic carbocycles. The lowest BCUT2D eigenvalue weighted by Gasteiger charge is -2.23. The predicted octanol–water partition coefficient (Wildman–Crippen LogP) is -1.29. The number of nitrogens with two attached hydrogens (primary N) is 1. The van der Waals surface area contributed by atoms with Gasteiger partial charge >= 0.3 is 11.9 Å². The van der Waals surface area contributed by atoms with Crippen molar-refractivity contribution >= 4 is 42.3 Å². The Balaban J connectivity index is 4.82. The highest BCUT2D eigenvalue weighted by Gasteiger charge is 2.28. The van der Waals surface area contributed by atoms with Crippen molar-refractivity contribution < 1.29 is 34.2 Å². The first-order chi connectivity index (χ1) is 13.4. The van der Waals surface area contributed by atoms with Crippen LogP contribution in [0.5, 0.6) is 0 Å². The van der Waals surface area contributed by atoms with E-state index >= 15 is 0 Å². The maximum Gasteiger partial charge on any atom is 0.326 e. The fraction of sp³-hybridized carbons (Fsp3) is 0.706. The van der Waals surface area contributed by atoms with Gasteiger partial charge in [-0.3, -0.25) is 19.2 Å². The van der Waals surface area contributed by atoms with Crippen LogP contribution in [0.1, 0.15) is 40.0 Å². The van der Waals surface area contributed by atoms with Crippen LogP contribution in [0.2, 0.25) is 0 Å². The number of aliphatic carboxylic acids is 2. The molecule has 0 aliphatic carbocycles. The van der Waals surface area contributed by atoms with Crippen LogP contribution in [-0.2, 0) is 24.0 Å². The molecule has 166 valence electrons. The van der Waals surface area contributed by atoms with Gasteiger partial charge in [-0.05, 0) is 25.7 Å². The van der Waals surface area contributed by atoms with Crippen molar-refractivity contribution in [2.24, 2.45) is 11.7 Å². The Labute approximate surface area is 174 Å². The van der Waals surface area contributed by atoms with Gasteiger partial charge in [-0.25, -0.2) is 4.79 Å². The van der Waals surface area contributed by atoms with E-state index in [1.807, 2.05) is 13.8 Å². The molecule has 0 radical (unpaired) electrons. The predicted molar refractivity (Wildman–Crippen MR) is 107 cm³/mol. The number of hydrogen-bond acceptors (Lipinski definition) is 7.